The molecule has 0 aliphatic carbocycles. The van der Waals surface area contributed by atoms with Crippen LogP contribution in [-0.2, 0) is 4.79 Å². The van der Waals surface area contributed by atoms with Crippen LogP contribution in [0.4, 0.5) is 0 Å². The van der Waals surface area contributed by atoms with Crippen molar-refractivity contribution in [2.24, 2.45) is 0 Å². The highest BCUT2D eigenvalue weighted by Crippen LogP contribution is 2.15. The van der Waals surface area contributed by atoms with Crippen molar-refractivity contribution in [1.29, 1.82) is 0 Å². The second kappa shape index (κ2) is 4.60. The number of carbonyl (C=O) groups is 1. The molecular weight excluding hydrogens is 178 g/mol. The van der Waals surface area contributed by atoms with Gasteiger partial charge in [-0.25, -0.2) is 0 Å². The maximum Gasteiger partial charge on any atom is 0.245 e. The van der Waals surface area contributed by atoms with Crippen molar-refractivity contribution >= 4 is 14.0 Å². The van der Waals surface area contributed by atoms with Gasteiger partial charge in [-0.05, 0) is 13.0 Å². The number of amides is 1. The first-order chi connectivity index (χ1) is 5.72. The van der Waals surface area contributed by atoms with Gasteiger partial charge in [-0.2, -0.15) is 0 Å². The molecule has 0 radical (unpaired) electrons. The summed E-state index contributed by atoms with van der Waals surface area (Å²) in [5.74, 6) is 0.0933. The Labute approximate surface area is 82.6 Å². The van der Waals surface area contributed by atoms with Gasteiger partial charge in [-0.1, -0.05) is 25.2 Å². The van der Waals surface area contributed by atoms with E-state index in [1.54, 1.807) is 25.1 Å². The lowest BCUT2D eigenvalue weighted by Gasteiger charge is -2.16. The normalized spacial score (nSPS) is 12.9. The molecule has 0 rings (SSSR count). The summed E-state index contributed by atoms with van der Waals surface area (Å²) < 4.78 is 0. The molecule has 76 valence electrons. The van der Waals surface area contributed by atoms with Gasteiger partial charge < -0.3 is 4.90 Å². The Bertz CT molecular complexity index is 213. The molecule has 0 fully saturated rings. The largest absolute Gasteiger partial charge is 0.345 e. The molecule has 0 aromatic rings. The van der Waals surface area contributed by atoms with Gasteiger partial charge in [0.2, 0.25) is 5.91 Å². The number of rotatable bonds is 3. The predicted molar refractivity (Wildman–Crippen MR) is 60.6 cm³/mol. The van der Waals surface area contributed by atoms with Crippen molar-refractivity contribution < 1.29 is 4.79 Å². The van der Waals surface area contributed by atoms with Crippen LogP contribution >= 0.6 is 0 Å². The minimum absolute atomic E-state index is 0.0933. The van der Waals surface area contributed by atoms with Gasteiger partial charge in [-0.3, -0.25) is 4.79 Å². The fourth-order valence-electron chi connectivity index (χ4n) is 1.23. The van der Waals surface area contributed by atoms with Crippen LogP contribution in [0.25, 0.3) is 0 Å². The lowest BCUT2D eigenvalue weighted by Crippen LogP contribution is -2.22. The highest BCUT2D eigenvalue weighted by atomic mass is 28.3. The fourth-order valence-corrected chi connectivity index (χ4v) is 3.00. The number of nitrogens with zero attached hydrogens (tertiary/aromatic N) is 1. The summed E-state index contributed by atoms with van der Waals surface area (Å²) in [4.78, 5) is 12.9. The number of carbonyl (C=O) groups excluding carboxylic acids is 1. The summed E-state index contributed by atoms with van der Waals surface area (Å²) in [6, 6.07) is 1.10. The molecule has 0 N–H and O–H groups in total. The molecule has 0 unspecified atom stereocenters. The molecule has 0 aromatic heterocycles. The van der Waals surface area contributed by atoms with Crippen LogP contribution < -0.4 is 0 Å². The molecule has 0 aromatic carbocycles. The van der Waals surface area contributed by atoms with Crippen molar-refractivity contribution in [3.05, 3.63) is 11.6 Å². The Morgan fingerprint density at radius 2 is 1.77 bits per heavy atom. The predicted octanol–water partition coefficient (Wildman–Crippen LogP) is 2.36. The zero-order valence-electron chi connectivity index (χ0n) is 9.64. The smallest absolute Gasteiger partial charge is 0.245 e. The molecule has 13 heavy (non-hydrogen) atoms. The Morgan fingerprint density at radius 1 is 1.31 bits per heavy atom. The average Bonchev–Trinajstić information content (AvgIpc) is 1.81. The maximum absolute atomic E-state index is 11.3. The average molecular weight is 199 g/mol. The molecule has 0 saturated carbocycles. The minimum Gasteiger partial charge on any atom is -0.345 e. The molecular formula is C10H21NOSi. The van der Waals surface area contributed by atoms with Crippen LogP contribution in [0, 0.1) is 0 Å². The maximum atomic E-state index is 11.3. The summed E-state index contributed by atoms with van der Waals surface area (Å²) in [6.45, 7) is 8.97. The monoisotopic (exact) mass is 199 g/mol. The number of allylic oxidation sites excluding steroid dienone is 1. The van der Waals surface area contributed by atoms with E-state index >= 15 is 0 Å². The molecule has 1 amide bonds. The van der Waals surface area contributed by atoms with E-state index in [1.807, 2.05) is 6.92 Å². The van der Waals surface area contributed by atoms with E-state index in [0.717, 1.165) is 6.04 Å². The highest BCUT2D eigenvalue weighted by Gasteiger charge is 2.13. The molecule has 0 heterocycles. The van der Waals surface area contributed by atoms with E-state index in [-0.39, 0.29) is 5.91 Å². The third-order valence-corrected chi connectivity index (χ3v) is 3.24. The zero-order valence-corrected chi connectivity index (χ0v) is 10.6. The molecule has 0 spiro atoms. The Morgan fingerprint density at radius 3 is 2.08 bits per heavy atom. The molecule has 0 aliphatic rings. The second-order valence-corrected chi connectivity index (χ2v) is 10.4. The summed E-state index contributed by atoms with van der Waals surface area (Å²) in [5.41, 5.74) is 1.21. The van der Waals surface area contributed by atoms with E-state index in [9.17, 15) is 4.79 Å². The molecule has 0 atom stereocenters. The van der Waals surface area contributed by atoms with Crippen LogP contribution in [0.15, 0.2) is 11.6 Å². The first-order valence-corrected chi connectivity index (χ1v) is 8.31. The summed E-state index contributed by atoms with van der Waals surface area (Å²) in [7, 11) is 2.50. The van der Waals surface area contributed by atoms with E-state index in [1.165, 1.54) is 5.57 Å². The van der Waals surface area contributed by atoms with Crippen molar-refractivity contribution in [3.63, 3.8) is 0 Å². The number of hydrogen-bond acceptors (Lipinski definition) is 1. The molecule has 3 heteroatoms. The highest BCUT2D eigenvalue weighted by molar-refractivity contribution is 6.76. The van der Waals surface area contributed by atoms with Crippen LogP contribution in [-0.4, -0.2) is 33.0 Å². The lowest BCUT2D eigenvalue weighted by molar-refractivity contribution is -0.123. The van der Waals surface area contributed by atoms with Gasteiger partial charge in [0.25, 0.3) is 0 Å². The first-order valence-electron chi connectivity index (χ1n) is 4.61. The summed E-state index contributed by atoms with van der Waals surface area (Å²) in [6.07, 6.45) is 1.75. The second-order valence-electron chi connectivity index (χ2n) is 4.96. The van der Waals surface area contributed by atoms with Gasteiger partial charge >= 0.3 is 0 Å². The molecule has 0 aliphatic heterocycles. The first kappa shape index (κ1) is 12.4. The molecule has 0 bridgehead atoms. The van der Waals surface area contributed by atoms with Gasteiger partial charge in [0.05, 0.1) is 0 Å². The van der Waals surface area contributed by atoms with Crippen LogP contribution in [0.3, 0.4) is 0 Å². The fraction of sp³-hybridized carbons (Fsp3) is 0.700. The number of hydrogen-bond donors (Lipinski definition) is 0. The van der Waals surface area contributed by atoms with E-state index in [2.05, 4.69) is 19.6 Å². The van der Waals surface area contributed by atoms with Crippen molar-refractivity contribution in [2.75, 3.05) is 14.1 Å². The van der Waals surface area contributed by atoms with Crippen LogP contribution in [0.1, 0.15) is 6.92 Å². The zero-order chi connectivity index (χ0) is 10.6. The Kier molecular flexibility index (Phi) is 4.40. The third kappa shape index (κ3) is 6.58. The topological polar surface area (TPSA) is 20.3 Å². The summed E-state index contributed by atoms with van der Waals surface area (Å²) in [5, 5.41) is 0. The lowest BCUT2D eigenvalue weighted by atomic mass is 10.3. The third-order valence-electron chi connectivity index (χ3n) is 1.62. The van der Waals surface area contributed by atoms with Gasteiger partial charge in [0.15, 0.2) is 0 Å². The SMILES string of the molecule is C/C(=C\C(=O)N(C)C)C[Si](C)(C)C. The minimum atomic E-state index is -1.06. The Balaban J connectivity index is 4.26. The van der Waals surface area contributed by atoms with Crippen molar-refractivity contribution in [3.8, 4) is 0 Å². The standard InChI is InChI=1S/C10H21NOSi/c1-9(8-13(4,5)6)7-10(12)11(2)3/h7H,8H2,1-6H3/b9-7+. The van der Waals surface area contributed by atoms with Gasteiger partial charge in [0.1, 0.15) is 0 Å². The van der Waals surface area contributed by atoms with Crippen LogP contribution in [0.2, 0.25) is 25.7 Å². The quantitative estimate of drug-likeness (QED) is 0.505. The van der Waals surface area contributed by atoms with Crippen LogP contribution in [0.5, 0.6) is 0 Å². The van der Waals surface area contributed by atoms with E-state index in [4.69, 9.17) is 0 Å². The van der Waals surface area contributed by atoms with Gasteiger partial charge in [0, 0.05) is 28.2 Å². The van der Waals surface area contributed by atoms with Crippen molar-refractivity contribution in [2.45, 2.75) is 32.6 Å². The molecule has 0 saturated heterocycles. The summed E-state index contributed by atoms with van der Waals surface area (Å²) >= 11 is 0. The number of likely N-dealkylation sites (N-methyl/N-ethyl adjacent to an activating group) is 1. The van der Waals surface area contributed by atoms with E-state index < -0.39 is 8.07 Å². The van der Waals surface area contributed by atoms with E-state index in [0.29, 0.717) is 0 Å². The van der Waals surface area contributed by atoms with Crippen molar-refractivity contribution in [1.82, 2.24) is 4.90 Å². The molecule has 2 nitrogen and oxygen atoms in total. The Hall–Kier alpha value is -0.573. The van der Waals surface area contributed by atoms with Gasteiger partial charge in [-0.15, -0.1) is 0 Å².